The maximum Gasteiger partial charge on any atom is 0.257 e. The van der Waals surface area contributed by atoms with Crippen molar-refractivity contribution in [1.29, 1.82) is 0 Å². The molecule has 0 atom stereocenters. The maximum absolute atomic E-state index is 5.34. The van der Waals surface area contributed by atoms with Gasteiger partial charge in [0.05, 0.1) is 13.7 Å². The van der Waals surface area contributed by atoms with Crippen molar-refractivity contribution < 1.29 is 9.26 Å². The van der Waals surface area contributed by atoms with Gasteiger partial charge in [-0.25, -0.2) is 0 Å². The zero-order valence-electron chi connectivity index (χ0n) is 11.7. The number of likely N-dealkylation sites (tertiary alicyclic amines) is 1. The minimum absolute atomic E-state index is 0.569. The molecule has 1 saturated heterocycles. The van der Waals surface area contributed by atoms with Crippen molar-refractivity contribution in [2.75, 3.05) is 20.2 Å². The molecule has 0 spiro atoms. The van der Waals surface area contributed by atoms with Crippen LogP contribution in [0.1, 0.15) is 25.1 Å². The molecule has 20 heavy (non-hydrogen) atoms. The standard InChI is InChI=1S/C15H19N3O2/c1-19-13-7-5-12(6-8-13)15-16-14(17-20-15)11-18-9-3-2-4-10-18/h5-8H,2-4,9-11H2,1H3. The Kier molecular flexibility index (Phi) is 3.97. The van der Waals surface area contributed by atoms with Crippen LogP contribution >= 0.6 is 0 Å². The summed E-state index contributed by atoms with van der Waals surface area (Å²) in [5.74, 6) is 2.15. The first-order valence-corrected chi connectivity index (χ1v) is 7.04. The molecule has 0 aliphatic carbocycles. The number of ether oxygens (including phenoxy) is 1. The minimum Gasteiger partial charge on any atom is -0.497 e. The molecule has 1 fully saturated rings. The molecule has 5 nitrogen and oxygen atoms in total. The first-order valence-electron chi connectivity index (χ1n) is 7.04. The lowest BCUT2D eigenvalue weighted by Gasteiger charge is -2.24. The molecule has 3 rings (SSSR count). The van der Waals surface area contributed by atoms with Gasteiger partial charge < -0.3 is 9.26 Å². The number of aromatic nitrogens is 2. The van der Waals surface area contributed by atoms with Crippen LogP contribution in [0.2, 0.25) is 0 Å². The van der Waals surface area contributed by atoms with Gasteiger partial charge in [-0.15, -0.1) is 0 Å². The Labute approximate surface area is 118 Å². The van der Waals surface area contributed by atoms with Crippen LogP contribution in [0.4, 0.5) is 0 Å². The summed E-state index contributed by atoms with van der Waals surface area (Å²) in [6.45, 7) is 3.04. The SMILES string of the molecule is COc1ccc(-c2nc(CN3CCCCC3)no2)cc1. The molecule has 106 valence electrons. The fourth-order valence-electron chi connectivity index (χ4n) is 2.49. The summed E-state index contributed by atoms with van der Waals surface area (Å²) in [6.07, 6.45) is 3.87. The van der Waals surface area contributed by atoms with E-state index in [-0.39, 0.29) is 0 Å². The van der Waals surface area contributed by atoms with Gasteiger partial charge in [0, 0.05) is 5.56 Å². The molecule has 2 heterocycles. The second-order valence-electron chi connectivity index (χ2n) is 5.08. The maximum atomic E-state index is 5.34. The summed E-state index contributed by atoms with van der Waals surface area (Å²) in [5, 5.41) is 4.07. The van der Waals surface area contributed by atoms with Gasteiger partial charge in [0.15, 0.2) is 5.82 Å². The van der Waals surface area contributed by atoms with E-state index in [1.165, 1.54) is 19.3 Å². The summed E-state index contributed by atoms with van der Waals surface area (Å²) in [6, 6.07) is 7.64. The number of rotatable bonds is 4. The largest absolute Gasteiger partial charge is 0.497 e. The van der Waals surface area contributed by atoms with Crippen molar-refractivity contribution in [2.45, 2.75) is 25.8 Å². The quantitative estimate of drug-likeness (QED) is 0.857. The molecular formula is C15H19N3O2. The second-order valence-corrected chi connectivity index (χ2v) is 5.08. The van der Waals surface area contributed by atoms with Gasteiger partial charge in [0.1, 0.15) is 5.75 Å². The van der Waals surface area contributed by atoms with Gasteiger partial charge in [-0.1, -0.05) is 11.6 Å². The van der Waals surface area contributed by atoms with Crippen LogP contribution in [-0.4, -0.2) is 35.2 Å². The average molecular weight is 273 g/mol. The highest BCUT2D eigenvalue weighted by atomic mass is 16.5. The highest BCUT2D eigenvalue weighted by Crippen LogP contribution is 2.21. The fourth-order valence-corrected chi connectivity index (χ4v) is 2.49. The second kappa shape index (κ2) is 6.05. The lowest BCUT2D eigenvalue weighted by Crippen LogP contribution is -2.29. The molecule has 1 aliphatic heterocycles. The Hall–Kier alpha value is -1.88. The smallest absolute Gasteiger partial charge is 0.257 e. The predicted octanol–water partition coefficient (Wildman–Crippen LogP) is 2.73. The van der Waals surface area contributed by atoms with Crippen LogP contribution in [0.15, 0.2) is 28.8 Å². The van der Waals surface area contributed by atoms with Crippen LogP contribution in [-0.2, 0) is 6.54 Å². The topological polar surface area (TPSA) is 51.4 Å². The van der Waals surface area contributed by atoms with E-state index >= 15 is 0 Å². The summed E-state index contributed by atoms with van der Waals surface area (Å²) >= 11 is 0. The molecular weight excluding hydrogens is 254 g/mol. The van der Waals surface area contributed by atoms with E-state index in [0.717, 1.165) is 36.8 Å². The van der Waals surface area contributed by atoms with Crippen LogP contribution in [0.5, 0.6) is 5.75 Å². The number of piperidine rings is 1. The number of hydrogen-bond acceptors (Lipinski definition) is 5. The Morgan fingerprint density at radius 1 is 1.15 bits per heavy atom. The molecule has 0 radical (unpaired) electrons. The van der Waals surface area contributed by atoms with Crippen molar-refractivity contribution >= 4 is 0 Å². The summed E-state index contributed by atoms with van der Waals surface area (Å²) in [4.78, 5) is 6.85. The Bertz CT molecular complexity index is 545. The predicted molar refractivity (Wildman–Crippen MR) is 75.4 cm³/mol. The summed E-state index contributed by atoms with van der Waals surface area (Å²) < 4.78 is 10.5. The van der Waals surface area contributed by atoms with Crippen LogP contribution in [0, 0.1) is 0 Å². The van der Waals surface area contributed by atoms with Gasteiger partial charge in [-0.05, 0) is 50.2 Å². The Morgan fingerprint density at radius 2 is 1.90 bits per heavy atom. The third kappa shape index (κ3) is 2.99. The fraction of sp³-hybridized carbons (Fsp3) is 0.467. The van der Waals surface area contributed by atoms with Crippen molar-refractivity contribution in [3.63, 3.8) is 0 Å². The Morgan fingerprint density at radius 3 is 2.60 bits per heavy atom. The van der Waals surface area contributed by atoms with Crippen LogP contribution in [0.25, 0.3) is 11.5 Å². The highest BCUT2D eigenvalue weighted by molar-refractivity contribution is 5.54. The molecule has 0 N–H and O–H groups in total. The highest BCUT2D eigenvalue weighted by Gasteiger charge is 2.15. The normalized spacial score (nSPS) is 16.2. The van der Waals surface area contributed by atoms with Crippen molar-refractivity contribution in [3.05, 3.63) is 30.1 Å². The van der Waals surface area contributed by atoms with Gasteiger partial charge in [0.2, 0.25) is 0 Å². The number of benzene rings is 1. The van der Waals surface area contributed by atoms with Gasteiger partial charge in [0.25, 0.3) is 5.89 Å². The zero-order chi connectivity index (χ0) is 13.8. The first-order chi connectivity index (χ1) is 9.85. The average Bonchev–Trinajstić information content (AvgIpc) is 2.97. The Balaban J connectivity index is 1.68. The van der Waals surface area contributed by atoms with Crippen molar-refractivity contribution in [1.82, 2.24) is 15.0 Å². The molecule has 1 aliphatic rings. The van der Waals surface area contributed by atoms with Gasteiger partial charge in [-0.2, -0.15) is 4.98 Å². The van der Waals surface area contributed by atoms with Gasteiger partial charge in [-0.3, -0.25) is 4.90 Å². The minimum atomic E-state index is 0.569. The lowest BCUT2D eigenvalue weighted by molar-refractivity contribution is 0.213. The summed E-state index contributed by atoms with van der Waals surface area (Å²) in [5.41, 5.74) is 0.920. The van der Waals surface area contributed by atoms with E-state index in [1.54, 1.807) is 7.11 Å². The van der Waals surface area contributed by atoms with E-state index in [1.807, 2.05) is 24.3 Å². The molecule has 1 aromatic carbocycles. The molecule has 2 aromatic rings. The number of hydrogen-bond donors (Lipinski definition) is 0. The van der Waals surface area contributed by atoms with E-state index in [2.05, 4.69) is 15.0 Å². The number of methoxy groups -OCH3 is 1. The monoisotopic (exact) mass is 273 g/mol. The van der Waals surface area contributed by atoms with Crippen LogP contribution in [0.3, 0.4) is 0 Å². The van der Waals surface area contributed by atoms with Gasteiger partial charge >= 0.3 is 0 Å². The van der Waals surface area contributed by atoms with Crippen molar-refractivity contribution in [2.24, 2.45) is 0 Å². The third-order valence-electron chi connectivity index (χ3n) is 3.62. The van der Waals surface area contributed by atoms with E-state index in [4.69, 9.17) is 9.26 Å². The third-order valence-corrected chi connectivity index (χ3v) is 3.62. The van der Waals surface area contributed by atoms with E-state index in [0.29, 0.717) is 5.89 Å². The van der Waals surface area contributed by atoms with Crippen LogP contribution < -0.4 is 4.74 Å². The lowest BCUT2D eigenvalue weighted by atomic mass is 10.1. The molecule has 0 unspecified atom stereocenters. The van der Waals surface area contributed by atoms with E-state index in [9.17, 15) is 0 Å². The molecule has 0 amide bonds. The number of nitrogens with zero attached hydrogens (tertiary/aromatic N) is 3. The molecule has 1 aromatic heterocycles. The van der Waals surface area contributed by atoms with E-state index < -0.39 is 0 Å². The molecule has 5 heteroatoms. The molecule has 0 saturated carbocycles. The first kappa shape index (κ1) is 13.1. The summed E-state index contributed by atoms with van der Waals surface area (Å²) in [7, 11) is 1.65. The van der Waals surface area contributed by atoms with Crippen molar-refractivity contribution in [3.8, 4) is 17.2 Å². The zero-order valence-corrected chi connectivity index (χ0v) is 11.7. The molecule has 0 bridgehead atoms.